The van der Waals surface area contributed by atoms with Gasteiger partial charge in [-0.1, -0.05) is 18.2 Å². The van der Waals surface area contributed by atoms with Crippen molar-refractivity contribution in [3.05, 3.63) is 59.8 Å². The Kier molecular flexibility index (Phi) is 3.35. The highest BCUT2D eigenvalue weighted by atomic mass is 32.1. The smallest absolute Gasteiger partial charge is 0.146 e. The van der Waals surface area contributed by atoms with Crippen LogP contribution < -0.4 is 10.5 Å². The number of H-pyrrole nitrogens is 1. The third kappa shape index (κ3) is 2.35. The Morgan fingerprint density at radius 3 is 2.80 bits per heavy atom. The average Bonchev–Trinajstić information content (AvgIpc) is 2.91. The quantitative estimate of drug-likeness (QED) is 0.644. The van der Waals surface area contributed by atoms with Crippen molar-refractivity contribution < 1.29 is 4.74 Å². The van der Waals surface area contributed by atoms with Gasteiger partial charge in [-0.25, -0.2) is 4.98 Å². The number of pyridine rings is 1. The number of thiol groups is 1. The Balaban J connectivity index is 2.01. The van der Waals surface area contributed by atoms with E-state index in [1.165, 1.54) is 0 Å². The fourth-order valence-corrected chi connectivity index (χ4v) is 2.11. The van der Waals surface area contributed by atoms with Gasteiger partial charge in [0.15, 0.2) is 0 Å². The first-order chi connectivity index (χ1) is 9.78. The Labute approximate surface area is 121 Å². The Bertz CT molecular complexity index is 765. The molecule has 0 aliphatic rings. The molecule has 100 valence electrons. The van der Waals surface area contributed by atoms with Crippen LogP contribution in [-0.2, 0) is 0 Å². The second-order valence-electron chi connectivity index (χ2n) is 4.27. The number of benzene rings is 1. The summed E-state index contributed by atoms with van der Waals surface area (Å²) in [4.78, 5) is 7.40. The lowest BCUT2D eigenvalue weighted by Gasteiger charge is -2.05. The molecule has 2 aromatic heterocycles. The third-order valence-corrected chi connectivity index (χ3v) is 3.21. The molecule has 0 aliphatic heterocycles. The number of aromatic amines is 1. The van der Waals surface area contributed by atoms with Crippen molar-refractivity contribution in [2.75, 3.05) is 0 Å². The van der Waals surface area contributed by atoms with E-state index in [9.17, 15) is 0 Å². The number of nitrogens with two attached hydrogens (primary N) is 1. The summed E-state index contributed by atoms with van der Waals surface area (Å²) in [6.07, 6.45) is 3.49. The number of nitrogens with one attached hydrogen (secondary N) is 1. The van der Waals surface area contributed by atoms with Gasteiger partial charge in [-0.3, -0.25) is 0 Å². The number of ether oxygens (including phenoxy) is 1. The zero-order valence-corrected chi connectivity index (χ0v) is 11.5. The van der Waals surface area contributed by atoms with Gasteiger partial charge >= 0.3 is 0 Å². The van der Waals surface area contributed by atoms with Crippen molar-refractivity contribution in [2.24, 2.45) is 5.73 Å². The van der Waals surface area contributed by atoms with Crippen LogP contribution in [0, 0.1) is 0 Å². The molecule has 0 atom stereocenters. The fraction of sp³-hybridized carbons (Fsp3) is 0. The van der Waals surface area contributed by atoms with Crippen molar-refractivity contribution in [3.63, 3.8) is 0 Å². The van der Waals surface area contributed by atoms with Crippen LogP contribution in [0.5, 0.6) is 11.5 Å². The van der Waals surface area contributed by atoms with Crippen LogP contribution in [0.4, 0.5) is 0 Å². The van der Waals surface area contributed by atoms with Crippen molar-refractivity contribution in [3.8, 4) is 11.5 Å². The first-order valence-corrected chi connectivity index (χ1v) is 6.60. The molecule has 0 unspecified atom stereocenters. The predicted octanol–water partition coefficient (Wildman–Crippen LogP) is 3.54. The topological polar surface area (TPSA) is 63.9 Å². The monoisotopic (exact) mass is 283 g/mol. The molecular formula is C15H13N3OS. The second kappa shape index (κ2) is 5.30. The molecule has 0 spiro atoms. The van der Waals surface area contributed by atoms with E-state index in [0.717, 1.165) is 22.3 Å². The molecule has 0 saturated heterocycles. The summed E-state index contributed by atoms with van der Waals surface area (Å²) in [7, 11) is 0. The highest BCUT2D eigenvalue weighted by Gasteiger charge is 2.08. The van der Waals surface area contributed by atoms with Gasteiger partial charge in [0, 0.05) is 22.8 Å². The summed E-state index contributed by atoms with van der Waals surface area (Å²) in [5.41, 5.74) is 8.11. The zero-order valence-electron chi connectivity index (χ0n) is 10.6. The molecule has 0 bridgehead atoms. The molecule has 0 radical (unpaired) electrons. The van der Waals surface area contributed by atoms with E-state index in [0.29, 0.717) is 11.4 Å². The molecule has 0 fully saturated rings. The molecule has 0 saturated carbocycles. The summed E-state index contributed by atoms with van der Waals surface area (Å²) >= 11 is 4.08. The van der Waals surface area contributed by atoms with Crippen LogP contribution in [0.2, 0.25) is 0 Å². The van der Waals surface area contributed by atoms with Crippen LogP contribution in [0.25, 0.3) is 16.7 Å². The van der Waals surface area contributed by atoms with Gasteiger partial charge in [0.2, 0.25) is 0 Å². The van der Waals surface area contributed by atoms with Gasteiger partial charge in [-0.15, -0.1) is 12.6 Å². The summed E-state index contributed by atoms with van der Waals surface area (Å²) < 4.78 is 5.77. The Hall–Kier alpha value is -2.40. The van der Waals surface area contributed by atoms with Crippen LogP contribution in [-0.4, -0.2) is 9.97 Å². The van der Waals surface area contributed by atoms with Crippen molar-refractivity contribution >= 4 is 29.4 Å². The summed E-state index contributed by atoms with van der Waals surface area (Å²) in [6.45, 7) is 0. The molecule has 0 aliphatic carbocycles. The lowest BCUT2D eigenvalue weighted by molar-refractivity contribution is 0.481. The lowest BCUT2D eigenvalue weighted by Crippen LogP contribution is -1.94. The molecule has 3 rings (SSSR count). The number of aromatic nitrogens is 2. The average molecular weight is 283 g/mol. The number of hydrogen-bond acceptors (Lipinski definition) is 4. The molecule has 0 amide bonds. The molecular weight excluding hydrogens is 270 g/mol. The largest absolute Gasteiger partial charge is 0.456 e. The van der Waals surface area contributed by atoms with Crippen LogP contribution in [0.15, 0.2) is 54.2 Å². The standard InChI is InChI=1S/C15H13N3OS/c16-14(9-20)13-8-18-15-12(13)6-11(7-17-15)19-10-4-2-1-3-5-10/h1-9,20H,16H2,(H,17,18)/b14-9-. The van der Waals surface area contributed by atoms with Gasteiger partial charge in [0.1, 0.15) is 17.1 Å². The zero-order chi connectivity index (χ0) is 13.9. The maximum atomic E-state index is 5.90. The fourth-order valence-electron chi connectivity index (χ4n) is 1.97. The SMILES string of the molecule is N/C(=C\S)c1c[nH]c2ncc(Oc3ccccc3)cc12. The predicted molar refractivity (Wildman–Crippen MR) is 83.8 cm³/mol. The van der Waals surface area contributed by atoms with Gasteiger partial charge in [0.05, 0.1) is 6.20 Å². The van der Waals surface area contributed by atoms with Crippen LogP contribution in [0.1, 0.15) is 5.56 Å². The highest BCUT2D eigenvalue weighted by Crippen LogP contribution is 2.27. The minimum Gasteiger partial charge on any atom is -0.456 e. The maximum Gasteiger partial charge on any atom is 0.146 e. The van der Waals surface area contributed by atoms with E-state index in [2.05, 4.69) is 22.6 Å². The normalized spacial score (nSPS) is 11.8. The van der Waals surface area contributed by atoms with E-state index in [1.54, 1.807) is 11.6 Å². The minimum atomic E-state index is 0.582. The number of hydrogen-bond donors (Lipinski definition) is 3. The highest BCUT2D eigenvalue weighted by molar-refractivity contribution is 7.83. The van der Waals surface area contributed by atoms with Crippen molar-refractivity contribution in [2.45, 2.75) is 0 Å². The summed E-state index contributed by atoms with van der Waals surface area (Å²) in [6, 6.07) is 11.5. The van der Waals surface area contributed by atoms with E-state index < -0.39 is 0 Å². The molecule has 1 aromatic carbocycles. The van der Waals surface area contributed by atoms with E-state index in [-0.39, 0.29) is 0 Å². The number of rotatable bonds is 3. The molecule has 4 nitrogen and oxygen atoms in total. The molecule has 2 heterocycles. The Morgan fingerprint density at radius 2 is 2.05 bits per heavy atom. The summed E-state index contributed by atoms with van der Waals surface area (Å²) in [5.74, 6) is 1.43. The first-order valence-electron chi connectivity index (χ1n) is 6.08. The third-order valence-electron chi connectivity index (χ3n) is 2.93. The molecule has 20 heavy (non-hydrogen) atoms. The Morgan fingerprint density at radius 1 is 1.25 bits per heavy atom. The number of fused-ring (bicyclic) bond motifs is 1. The molecule has 3 N–H and O–H groups in total. The van der Waals surface area contributed by atoms with Crippen molar-refractivity contribution in [1.82, 2.24) is 9.97 Å². The first kappa shape index (κ1) is 12.6. The molecule has 5 heteroatoms. The number of para-hydroxylation sites is 1. The van der Waals surface area contributed by atoms with Gasteiger partial charge < -0.3 is 15.5 Å². The second-order valence-corrected chi connectivity index (χ2v) is 4.53. The van der Waals surface area contributed by atoms with E-state index >= 15 is 0 Å². The van der Waals surface area contributed by atoms with Gasteiger partial charge in [-0.2, -0.15) is 0 Å². The van der Waals surface area contributed by atoms with Crippen LogP contribution >= 0.6 is 12.6 Å². The maximum absolute atomic E-state index is 5.90. The molecule has 3 aromatic rings. The van der Waals surface area contributed by atoms with E-state index in [1.807, 2.05) is 42.6 Å². The van der Waals surface area contributed by atoms with Gasteiger partial charge in [-0.05, 0) is 23.6 Å². The lowest BCUT2D eigenvalue weighted by atomic mass is 10.2. The van der Waals surface area contributed by atoms with Crippen LogP contribution in [0.3, 0.4) is 0 Å². The summed E-state index contributed by atoms with van der Waals surface area (Å²) in [5, 5.41) is 2.47. The minimum absolute atomic E-state index is 0.582. The van der Waals surface area contributed by atoms with Gasteiger partial charge in [0.25, 0.3) is 0 Å². The van der Waals surface area contributed by atoms with E-state index in [4.69, 9.17) is 10.5 Å². The number of nitrogens with zero attached hydrogens (tertiary/aromatic N) is 1. The van der Waals surface area contributed by atoms with Crippen molar-refractivity contribution in [1.29, 1.82) is 0 Å².